The quantitative estimate of drug-likeness (QED) is 0.582. The van der Waals surface area contributed by atoms with Crippen molar-refractivity contribution < 1.29 is 23.1 Å². The van der Waals surface area contributed by atoms with Crippen LogP contribution in [0, 0.1) is 0 Å². The van der Waals surface area contributed by atoms with E-state index in [1.807, 2.05) is 6.07 Å². The van der Waals surface area contributed by atoms with E-state index in [2.05, 4.69) is 15.0 Å². The predicted molar refractivity (Wildman–Crippen MR) is 123 cm³/mol. The highest BCUT2D eigenvalue weighted by Crippen LogP contribution is 2.30. The molecule has 3 aromatic rings. The third-order valence-corrected chi connectivity index (χ3v) is 5.68. The molecule has 1 N–H and O–H groups in total. The molecule has 2 aromatic carbocycles. The molecule has 0 radical (unpaired) electrons. The van der Waals surface area contributed by atoms with Crippen molar-refractivity contribution in [3.63, 3.8) is 0 Å². The SMILES string of the molecule is CC(F)(F)Oc1ccc(C2CC(NC(=O)c3ccccc3)CN(C(=O)c3ccncc3)C2)cc1. The van der Waals surface area contributed by atoms with Crippen molar-refractivity contribution in [2.24, 2.45) is 0 Å². The van der Waals surface area contributed by atoms with Crippen molar-refractivity contribution in [2.45, 2.75) is 31.4 Å². The predicted octanol–water partition coefficient (Wildman–Crippen LogP) is 4.50. The molecule has 0 bridgehead atoms. The molecule has 34 heavy (non-hydrogen) atoms. The highest BCUT2D eigenvalue weighted by atomic mass is 19.3. The summed E-state index contributed by atoms with van der Waals surface area (Å²) >= 11 is 0. The molecule has 2 atom stereocenters. The number of rotatable bonds is 6. The number of nitrogens with one attached hydrogen (secondary N) is 1. The first-order valence-electron chi connectivity index (χ1n) is 11.0. The van der Waals surface area contributed by atoms with Gasteiger partial charge in [-0.15, -0.1) is 0 Å². The van der Waals surface area contributed by atoms with Gasteiger partial charge >= 0.3 is 6.11 Å². The second-order valence-electron chi connectivity index (χ2n) is 8.39. The first-order valence-corrected chi connectivity index (χ1v) is 11.0. The van der Waals surface area contributed by atoms with Gasteiger partial charge in [-0.3, -0.25) is 14.6 Å². The van der Waals surface area contributed by atoms with Gasteiger partial charge < -0.3 is 15.0 Å². The number of ether oxygens (including phenoxy) is 1. The van der Waals surface area contributed by atoms with Crippen LogP contribution in [0.3, 0.4) is 0 Å². The van der Waals surface area contributed by atoms with Gasteiger partial charge in [0.25, 0.3) is 11.8 Å². The smallest absolute Gasteiger partial charge is 0.394 e. The van der Waals surface area contributed by atoms with E-state index >= 15 is 0 Å². The summed E-state index contributed by atoms with van der Waals surface area (Å²) in [6.45, 7) is 1.48. The summed E-state index contributed by atoms with van der Waals surface area (Å²) < 4.78 is 31.0. The number of benzene rings is 2. The van der Waals surface area contributed by atoms with Crippen molar-refractivity contribution in [3.05, 3.63) is 95.8 Å². The van der Waals surface area contributed by atoms with Crippen LogP contribution >= 0.6 is 0 Å². The molecule has 8 heteroatoms. The Balaban J connectivity index is 1.55. The Hall–Kier alpha value is -3.81. The third kappa shape index (κ3) is 5.95. The monoisotopic (exact) mass is 465 g/mol. The Bertz CT molecular complexity index is 1120. The fraction of sp³-hybridized carbons (Fsp3) is 0.269. The number of aromatic nitrogens is 1. The summed E-state index contributed by atoms with van der Waals surface area (Å²) in [7, 11) is 0. The second-order valence-corrected chi connectivity index (χ2v) is 8.39. The highest BCUT2D eigenvalue weighted by Gasteiger charge is 2.32. The minimum Gasteiger partial charge on any atom is -0.433 e. The summed E-state index contributed by atoms with van der Waals surface area (Å²) in [5.74, 6) is -0.407. The van der Waals surface area contributed by atoms with Crippen molar-refractivity contribution >= 4 is 11.8 Å². The van der Waals surface area contributed by atoms with Crippen LogP contribution in [0.4, 0.5) is 8.78 Å². The maximum absolute atomic E-state index is 13.2. The number of hydrogen-bond acceptors (Lipinski definition) is 4. The van der Waals surface area contributed by atoms with E-state index in [-0.39, 0.29) is 29.5 Å². The van der Waals surface area contributed by atoms with Gasteiger partial charge in [-0.25, -0.2) is 0 Å². The van der Waals surface area contributed by atoms with E-state index in [9.17, 15) is 18.4 Å². The summed E-state index contributed by atoms with van der Waals surface area (Å²) in [6, 6.07) is 18.4. The Kier molecular flexibility index (Phi) is 6.86. The number of carbonyl (C=O) groups is 2. The van der Waals surface area contributed by atoms with Gasteiger partial charge in [0.2, 0.25) is 0 Å². The molecule has 6 nitrogen and oxygen atoms in total. The molecule has 0 saturated carbocycles. The van der Waals surface area contributed by atoms with Gasteiger partial charge in [-0.2, -0.15) is 8.78 Å². The van der Waals surface area contributed by atoms with Crippen LogP contribution in [0.2, 0.25) is 0 Å². The van der Waals surface area contributed by atoms with Crippen LogP contribution in [0.15, 0.2) is 79.1 Å². The Morgan fingerprint density at radius 2 is 1.65 bits per heavy atom. The molecular weight excluding hydrogens is 440 g/mol. The topological polar surface area (TPSA) is 71.5 Å². The number of likely N-dealkylation sites (tertiary alicyclic amines) is 1. The summed E-state index contributed by atoms with van der Waals surface area (Å²) in [5.41, 5.74) is 1.93. The molecule has 1 fully saturated rings. The molecular formula is C26H25F2N3O3. The van der Waals surface area contributed by atoms with Crippen LogP contribution in [0.5, 0.6) is 5.75 Å². The fourth-order valence-corrected chi connectivity index (χ4v) is 4.16. The Morgan fingerprint density at radius 1 is 0.971 bits per heavy atom. The van der Waals surface area contributed by atoms with E-state index in [1.54, 1.807) is 65.8 Å². The normalized spacial score (nSPS) is 18.3. The summed E-state index contributed by atoms with van der Waals surface area (Å²) in [5, 5.41) is 3.04. The minimum absolute atomic E-state index is 0.0608. The van der Waals surface area contributed by atoms with Crippen molar-refractivity contribution in [2.75, 3.05) is 13.1 Å². The van der Waals surface area contributed by atoms with E-state index in [0.29, 0.717) is 37.6 Å². The highest BCUT2D eigenvalue weighted by molar-refractivity contribution is 5.95. The lowest BCUT2D eigenvalue weighted by Crippen LogP contribution is -2.52. The van der Waals surface area contributed by atoms with Crippen LogP contribution in [-0.4, -0.2) is 46.9 Å². The molecule has 1 aromatic heterocycles. The zero-order valence-corrected chi connectivity index (χ0v) is 18.7. The van der Waals surface area contributed by atoms with Gasteiger partial charge in [-0.05, 0) is 48.4 Å². The van der Waals surface area contributed by atoms with Gasteiger partial charge in [-0.1, -0.05) is 30.3 Å². The molecule has 0 spiro atoms. The van der Waals surface area contributed by atoms with Crippen LogP contribution in [0.25, 0.3) is 0 Å². The number of pyridine rings is 1. The number of amides is 2. The van der Waals surface area contributed by atoms with E-state index in [1.165, 1.54) is 12.1 Å². The molecule has 0 aliphatic carbocycles. The number of nitrogens with zero attached hydrogens (tertiary/aromatic N) is 2. The number of carbonyl (C=O) groups excluding carboxylic acids is 2. The maximum atomic E-state index is 13.2. The molecule has 2 amide bonds. The van der Waals surface area contributed by atoms with Gasteiger partial charge in [0.15, 0.2) is 0 Å². The van der Waals surface area contributed by atoms with E-state index in [0.717, 1.165) is 5.56 Å². The zero-order chi connectivity index (χ0) is 24.1. The lowest BCUT2D eigenvalue weighted by molar-refractivity contribution is -0.158. The first-order chi connectivity index (χ1) is 16.3. The van der Waals surface area contributed by atoms with Crippen molar-refractivity contribution in [1.82, 2.24) is 15.2 Å². The molecule has 1 aliphatic rings. The van der Waals surface area contributed by atoms with Crippen LogP contribution in [0.1, 0.15) is 45.5 Å². The van der Waals surface area contributed by atoms with Gasteiger partial charge in [0.1, 0.15) is 5.75 Å². The van der Waals surface area contributed by atoms with Crippen LogP contribution in [-0.2, 0) is 0 Å². The number of piperidine rings is 1. The average molecular weight is 466 g/mol. The van der Waals surface area contributed by atoms with Gasteiger partial charge in [0.05, 0.1) is 0 Å². The van der Waals surface area contributed by atoms with E-state index in [4.69, 9.17) is 0 Å². The van der Waals surface area contributed by atoms with E-state index < -0.39 is 6.11 Å². The largest absolute Gasteiger partial charge is 0.433 e. The molecule has 1 saturated heterocycles. The molecule has 176 valence electrons. The standard InChI is InChI=1S/C26H25F2N3O3/c1-26(27,28)34-23-9-7-18(8-10-23)21-15-22(30-24(32)19-5-3-2-4-6-19)17-31(16-21)25(33)20-11-13-29-14-12-20/h2-14,21-22H,15-17H2,1H3,(H,30,32). The lowest BCUT2D eigenvalue weighted by Gasteiger charge is -2.38. The third-order valence-electron chi connectivity index (χ3n) is 5.68. The molecule has 4 rings (SSSR count). The number of hydrogen-bond donors (Lipinski definition) is 1. The Morgan fingerprint density at radius 3 is 2.29 bits per heavy atom. The molecule has 2 heterocycles. The van der Waals surface area contributed by atoms with Crippen molar-refractivity contribution in [1.29, 1.82) is 0 Å². The number of alkyl halides is 2. The van der Waals surface area contributed by atoms with Crippen molar-refractivity contribution in [3.8, 4) is 5.75 Å². The summed E-state index contributed by atoms with van der Waals surface area (Å²) in [4.78, 5) is 31.6. The zero-order valence-electron chi connectivity index (χ0n) is 18.7. The van der Waals surface area contributed by atoms with Crippen LogP contribution < -0.4 is 10.1 Å². The lowest BCUT2D eigenvalue weighted by atomic mass is 9.87. The maximum Gasteiger partial charge on any atom is 0.394 e. The van der Waals surface area contributed by atoms with Gasteiger partial charge in [0, 0.05) is 55.5 Å². The molecule has 1 aliphatic heterocycles. The fourth-order valence-electron chi connectivity index (χ4n) is 4.16. The minimum atomic E-state index is -3.27. The molecule has 2 unspecified atom stereocenters. The summed E-state index contributed by atoms with van der Waals surface area (Å²) in [6.07, 6.45) is 0.451. The first kappa shape index (κ1) is 23.4. The Labute approximate surface area is 196 Å². The average Bonchev–Trinajstić information content (AvgIpc) is 2.84. The second kappa shape index (κ2) is 9.99. The number of halogens is 2.